The molecule has 4 rings (SSSR count). The predicted octanol–water partition coefficient (Wildman–Crippen LogP) is 3.80. The first kappa shape index (κ1) is 23.6. The van der Waals surface area contributed by atoms with Crippen LogP contribution in [0.2, 0.25) is 0 Å². The molecule has 2 aliphatic heterocycles. The van der Waals surface area contributed by atoms with Crippen LogP contribution in [0, 0.1) is 18.2 Å². The molecule has 0 radical (unpaired) electrons. The summed E-state index contributed by atoms with van der Waals surface area (Å²) in [6.45, 7) is 7.34. The van der Waals surface area contributed by atoms with Crippen molar-refractivity contribution in [2.45, 2.75) is 51.4 Å². The van der Waals surface area contributed by atoms with Gasteiger partial charge in [0.15, 0.2) is 0 Å². The van der Waals surface area contributed by atoms with Gasteiger partial charge in [0, 0.05) is 37.3 Å². The second-order valence-corrected chi connectivity index (χ2v) is 10.2. The minimum Gasteiger partial charge on any atom is -0.373 e. The number of hydrogen-bond acceptors (Lipinski definition) is 5. The molecule has 2 aliphatic rings. The summed E-state index contributed by atoms with van der Waals surface area (Å²) in [6, 6.07) is 8.57. The van der Waals surface area contributed by atoms with Crippen molar-refractivity contribution in [2.24, 2.45) is 5.41 Å². The summed E-state index contributed by atoms with van der Waals surface area (Å²) in [7, 11) is 3.97. The number of carbonyl (C=O) groups is 1. The van der Waals surface area contributed by atoms with Gasteiger partial charge in [-0.2, -0.15) is 0 Å². The third-order valence-electron chi connectivity index (χ3n) is 7.49. The van der Waals surface area contributed by atoms with Crippen LogP contribution in [0.15, 0.2) is 30.3 Å². The molecule has 1 N–H and O–H groups in total. The molecule has 33 heavy (non-hydrogen) atoms. The highest BCUT2D eigenvalue weighted by molar-refractivity contribution is 5.83. The molecular formula is C26H36FN5O. The van der Waals surface area contributed by atoms with Gasteiger partial charge in [0.25, 0.3) is 0 Å². The Hall–Kier alpha value is -2.54. The molecule has 0 spiro atoms. The van der Waals surface area contributed by atoms with Crippen LogP contribution in [-0.2, 0) is 16.6 Å². The first-order valence-electron chi connectivity index (χ1n) is 12.0. The summed E-state index contributed by atoms with van der Waals surface area (Å²) in [5.41, 5.74) is 1.21. The molecule has 0 saturated carbocycles. The van der Waals surface area contributed by atoms with Gasteiger partial charge in [-0.3, -0.25) is 4.79 Å². The Labute approximate surface area is 196 Å². The number of aromatic nitrogens is 2. The van der Waals surface area contributed by atoms with E-state index < -0.39 is 5.41 Å². The number of aryl methyl sites for hydroxylation is 1. The summed E-state index contributed by atoms with van der Waals surface area (Å²) < 4.78 is 13.5. The number of likely N-dealkylation sites (tertiary alicyclic amines) is 2. The van der Waals surface area contributed by atoms with E-state index in [1.807, 2.05) is 32.2 Å². The van der Waals surface area contributed by atoms with Crippen molar-refractivity contribution in [3.05, 3.63) is 53.2 Å². The van der Waals surface area contributed by atoms with Gasteiger partial charge in [0.2, 0.25) is 5.91 Å². The summed E-state index contributed by atoms with van der Waals surface area (Å²) >= 11 is 0. The van der Waals surface area contributed by atoms with Crippen molar-refractivity contribution >= 4 is 11.7 Å². The first-order chi connectivity index (χ1) is 15.7. The number of nitrogens with zero attached hydrogens (tertiary/aromatic N) is 4. The molecule has 6 nitrogen and oxygen atoms in total. The second-order valence-electron chi connectivity index (χ2n) is 10.2. The molecule has 0 aliphatic carbocycles. The molecule has 3 heterocycles. The van der Waals surface area contributed by atoms with E-state index in [4.69, 9.17) is 9.97 Å². The van der Waals surface area contributed by atoms with Gasteiger partial charge in [0.05, 0.1) is 5.41 Å². The van der Waals surface area contributed by atoms with Crippen LogP contribution in [0.4, 0.5) is 10.2 Å². The number of anilines is 1. The second kappa shape index (κ2) is 9.37. The minimum absolute atomic E-state index is 0.229. The molecule has 2 aromatic rings. The number of halogens is 1. The summed E-state index contributed by atoms with van der Waals surface area (Å²) in [6.07, 6.45) is 4.17. The topological polar surface area (TPSA) is 61.4 Å². The molecule has 0 bridgehead atoms. The maximum Gasteiger partial charge on any atom is 0.229 e. The Morgan fingerprint density at radius 1 is 1.12 bits per heavy atom. The zero-order valence-electron chi connectivity index (χ0n) is 20.3. The first-order valence-corrected chi connectivity index (χ1v) is 12.0. The summed E-state index contributed by atoms with van der Waals surface area (Å²) in [5.74, 6) is 1.60. The van der Waals surface area contributed by atoms with Gasteiger partial charge in [-0.1, -0.05) is 19.1 Å². The van der Waals surface area contributed by atoms with Gasteiger partial charge < -0.3 is 15.1 Å². The highest BCUT2D eigenvalue weighted by Crippen LogP contribution is 2.40. The predicted molar refractivity (Wildman–Crippen MR) is 129 cm³/mol. The average molecular weight is 454 g/mol. The van der Waals surface area contributed by atoms with Gasteiger partial charge >= 0.3 is 0 Å². The lowest BCUT2D eigenvalue weighted by Gasteiger charge is -2.46. The van der Waals surface area contributed by atoms with E-state index >= 15 is 0 Å². The maximum absolute atomic E-state index is 14.1. The Bertz CT molecular complexity index is 987. The molecule has 178 valence electrons. The molecule has 2 saturated heterocycles. The number of benzene rings is 1. The van der Waals surface area contributed by atoms with Crippen molar-refractivity contribution in [1.82, 2.24) is 19.8 Å². The van der Waals surface area contributed by atoms with Gasteiger partial charge in [-0.05, 0) is 76.9 Å². The molecule has 1 unspecified atom stereocenters. The van der Waals surface area contributed by atoms with Gasteiger partial charge in [-0.25, -0.2) is 14.4 Å². The van der Waals surface area contributed by atoms with Gasteiger partial charge in [0.1, 0.15) is 17.5 Å². The lowest BCUT2D eigenvalue weighted by Crippen LogP contribution is -2.55. The van der Waals surface area contributed by atoms with Crippen LogP contribution >= 0.6 is 0 Å². The van der Waals surface area contributed by atoms with E-state index in [9.17, 15) is 9.18 Å². The maximum atomic E-state index is 14.1. The van der Waals surface area contributed by atoms with Crippen LogP contribution < -0.4 is 5.32 Å². The zero-order valence-corrected chi connectivity index (χ0v) is 20.3. The standard InChI is InChI=1S/C26H36FN5O/c1-19-16-22(28-3)30-23(29-19)25(2)10-5-13-32(18-25)24(33)26(11-14-31(4)15-12-26)17-20-6-8-21(27)9-7-20/h6-9,16H,5,10-15,17-18H2,1-4H3,(H,28,29,30). The molecule has 1 amide bonds. The Balaban J connectivity index is 1.60. The van der Waals surface area contributed by atoms with Crippen LogP contribution in [-0.4, -0.2) is 65.9 Å². The number of nitrogens with one attached hydrogen (secondary N) is 1. The average Bonchev–Trinajstić information content (AvgIpc) is 2.81. The zero-order chi connectivity index (χ0) is 23.6. The molecule has 1 atom stereocenters. The highest BCUT2D eigenvalue weighted by Gasteiger charge is 2.46. The fraction of sp³-hybridized carbons (Fsp3) is 0.577. The summed E-state index contributed by atoms with van der Waals surface area (Å²) in [5, 5.41) is 3.13. The van der Waals surface area contributed by atoms with E-state index in [-0.39, 0.29) is 17.1 Å². The Morgan fingerprint density at radius 3 is 2.48 bits per heavy atom. The number of carbonyl (C=O) groups excluding carboxylic acids is 1. The minimum atomic E-state index is -0.452. The molecule has 1 aromatic heterocycles. The van der Waals surface area contributed by atoms with E-state index in [2.05, 4.69) is 29.1 Å². The summed E-state index contributed by atoms with van der Waals surface area (Å²) in [4.78, 5) is 28.0. The molecular weight excluding hydrogens is 417 g/mol. The lowest BCUT2D eigenvalue weighted by atomic mass is 9.71. The number of piperidine rings is 2. The molecule has 1 aromatic carbocycles. The quantitative estimate of drug-likeness (QED) is 0.746. The van der Waals surface area contributed by atoms with E-state index in [0.717, 1.165) is 68.2 Å². The fourth-order valence-corrected chi connectivity index (χ4v) is 5.40. The van der Waals surface area contributed by atoms with Crippen molar-refractivity contribution in [3.63, 3.8) is 0 Å². The van der Waals surface area contributed by atoms with E-state index in [0.29, 0.717) is 13.0 Å². The van der Waals surface area contributed by atoms with Crippen molar-refractivity contribution in [2.75, 3.05) is 45.6 Å². The van der Waals surface area contributed by atoms with Gasteiger partial charge in [-0.15, -0.1) is 0 Å². The SMILES string of the molecule is CNc1cc(C)nc(C2(C)CCCN(C(=O)C3(Cc4ccc(F)cc4)CCN(C)CC3)C2)n1. The Kier molecular flexibility index (Phi) is 6.71. The Morgan fingerprint density at radius 2 is 1.82 bits per heavy atom. The fourth-order valence-electron chi connectivity index (χ4n) is 5.40. The number of amides is 1. The number of rotatable bonds is 5. The van der Waals surface area contributed by atoms with Crippen LogP contribution in [0.5, 0.6) is 0 Å². The smallest absolute Gasteiger partial charge is 0.229 e. The largest absolute Gasteiger partial charge is 0.373 e. The third-order valence-corrected chi connectivity index (χ3v) is 7.49. The van der Waals surface area contributed by atoms with Crippen molar-refractivity contribution < 1.29 is 9.18 Å². The van der Waals surface area contributed by atoms with Crippen LogP contribution in [0.3, 0.4) is 0 Å². The van der Waals surface area contributed by atoms with Crippen LogP contribution in [0.1, 0.15) is 49.7 Å². The monoisotopic (exact) mass is 453 g/mol. The van der Waals surface area contributed by atoms with Crippen LogP contribution in [0.25, 0.3) is 0 Å². The van der Waals surface area contributed by atoms with Crippen molar-refractivity contribution in [3.8, 4) is 0 Å². The molecule has 2 fully saturated rings. The highest BCUT2D eigenvalue weighted by atomic mass is 19.1. The van der Waals surface area contributed by atoms with E-state index in [1.165, 1.54) is 12.1 Å². The number of hydrogen-bond donors (Lipinski definition) is 1. The normalized spacial score (nSPS) is 23.4. The lowest BCUT2D eigenvalue weighted by molar-refractivity contribution is -0.147. The third kappa shape index (κ3) is 5.03. The molecule has 7 heteroatoms. The van der Waals surface area contributed by atoms with Crippen molar-refractivity contribution in [1.29, 1.82) is 0 Å². The van der Waals surface area contributed by atoms with E-state index in [1.54, 1.807) is 0 Å².